The van der Waals surface area contributed by atoms with Crippen molar-refractivity contribution in [2.45, 2.75) is 12.8 Å². The molecule has 1 aromatic carbocycles. The van der Waals surface area contributed by atoms with Crippen LogP contribution in [0.5, 0.6) is 0 Å². The number of piperazine rings is 1. The molecule has 1 aromatic heterocycles. The largest absolute Gasteiger partial charge is 0.338 e. The average molecular weight is 337 g/mol. The summed E-state index contributed by atoms with van der Waals surface area (Å²) in [6.45, 7) is 4.74. The SMILES string of the molecule is O=C(CN1CCN(c2ncccn2)CC1)N1CCCc2ccccc21. The van der Waals surface area contributed by atoms with Gasteiger partial charge in [-0.1, -0.05) is 18.2 Å². The first-order chi connectivity index (χ1) is 12.3. The first-order valence-electron chi connectivity index (χ1n) is 8.94. The van der Waals surface area contributed by atoms with Crippen LogP contribution in [0.2, 0.25) is 0 Å². The summed E-state index contributed by atoms with van der Waals surface area (Å²) in [5, 5.41) is 0. The molecule has 130 valence electrons. The standard InChI is InChI=1S/C19H23N5O/c25-18(24-10-3-6-16-5-1-2-7-17(16)24)15-22-11-13-23(14-12-22)19-20-8-4-9-21-19/h1-2,4-5,7-9H,3,6,10-15H2. The van der Waals surface area contributed by atoms with Crippen LogP contribution in [0.3, 0.4) is 0 Å². The maximum absolute atomic E-state index is 12.8. The Hall–Kier alpha value is -2.47. The molecule has 0 bridgehead atoms. The van der Waals surface area contributed by atoms with Crippen molar-refractivity contribution in [3.05, 3.63) is 48.3 Å². The molecule has 4 rings (SSSR count). The molecule has 0 unspecified atom stereocenters. The van der Waals surface area contributed by atoms with E-state index in [2.05, 4.69) is 38.0 Å². The molecule has 2 aliphatic heterocycles. The van der Waals surface area contributed by atoms with Crippen LogP contribution in [0.15, 0.2) is 42.7 Å². The number of hydrogen-bond acceptors (Lipinski definition) is 5. The lowest BCUT2D eigenvalue weighted by Gasteiger charge is -2.36. The van der Waals surface area contributed by atoms with Crippen LogP contribution in [0.25, 0.3) is 0 Å². The summed E-state index contributed by atoms with van der Waals surface area (Å²) < 4.78 is 0. The molecule has 2 aliphatic rings. The minimum Gasteiger partial charge on any atom is -0.338 e. The number of fused-ring (bicyclic) bond motifs is 1. The van der Waals surface area contributed by atoms with Gasteiger partial charge in [0.25, 0.3) is 0 Å². The van der Waals surface area contributed by atoms with Crippen LogP contribution >= 0.6 is 0 Å². The van der Waals surface area contributed by atoms with Crippen LogP contribution in [-0.4, -0.2) is 60.0 Å². The first-order valence-corrected chi connectivity index (χ1v) is 8.94. The Morgan fingerprint density at radius 2 is 1.72 bits per heavy atom. The second kappa shape index (κ2) is 7.19. The van der Waals surface area contributed by atoms with E-state index in [9.17, 15) is 4.79 Å². The van der Waals surface area contributed by atoms with Crippen molar-refractivity contribution in [1.82, 2.24) is 14.9 Å². The molecule has 6 nitrogen and oxygen atoms in total. The van der Waals surface area contributed by atoms with Gasteiger partial charge in [-0.05, 0) is 30.5 Å². The van der Waals surface area contributed by atoms with Crippen molar-refractivity contribution in [2.75, 3.05) is 49.1 Å². The molecular formula is C19H23N5O. The third kappa shape index (κ3) is 3.49. The van der Waals surface area contributed by atoms with Gasteiger partial charge in [-0.3, -0.25) is 9.69 Å². The van der Waals surface area contributed by atoms with Gasteiger partial charge in [0, 0.05) is 50.8 Å². The Bertz CT molecular complexity index is 728. The highest BCUT2D eigenvalue weighted by atomic mass is 16.2. The first kappa shape index (κ1) is 16.0. The van der Waals surface area contributed by atoms with Crippen molar-refractivity contribution in [2.24, 2.45) is 0 Å². The Morgan fingerprint density at radius 1 is 0.960 bits per heavy atom. The fraction of sp³-hybridized carbons (Fsp3) is 0.421. The number of carbonyl (C=O) groups excluding carboxylic acids is 1. The van der Waals surface area contributed by atoms with Gasteiger partial charge >= 0.3 is 0 Å². The number of anilines is 2. The summed E-state index contributed by atoms with van der Waals surface area (Å²) in [5.74, 6) is 0.981. The maximum Gasteiger partial charge on any atom is 0.241 e. The van der Waals surface area contributed by atoms with Gasteiger partial charge in [0.15, 0.2) is 0 Å². The Labute approximate surface area is 148 Å². The highest BCUT2D eigenvalue weighted by Gasteiger charge is 2.26. The second-order valence-corrected chi connectivity index (χ2v) is 6.59. The quantitative estimate of drug-likeness (QED) is 0.851. The Kier molecular flexibility index (Phi) is 4.61. The molecule has 6 heteroatoms. The van der Waals surface area contributed by atoms with Crippen LogP contribution in [0, 0.1) is 0 Å². The minimum atomic E-state index is 0.205. The third-order valence-corrected chi connectivity index (χ3v) is 4.98. The molecule has 0 aliphatic carbocycles. The minimum absolute atomic E-state index is 0.205. The predicted molar refractivity (Wildman–Crippen MR) is 97.8 cm³/mol. The lowest BCUT2D eigenvalue weighted by molar-refractivity contribution is -0.119. The zero-order valence-corrected chi connectivity index (χ0v) is 14.3. The van der Waals surface area contributed by atoms with Crippen LogP contribution in [-0.2, 0) is 11.2 Å². The highest BCUT2D eigenvalue weighted by molar-refractivity contribution is 5.96. The molecule has 0 spiro atoms. The maximum atomic E-state index is 12.8. The number of nitrogens with zero attached hydrogens (tertiary/aromatic N) is 5. The summed E-state index contributed by atoms with van der Waals surface area (Å²) >= 11 is 0. The molecule has 1 fully saturated rings. The number of para-hydroxylation sites is 1. The molecule has 0 atom stereocenters. The summed E-state index contributed by atoms with van der Waals surface area (Å²) in [5.41, 5.74) is 2.38. The highest BCUT2D eigenvalue weighted by Crippen LogP contribution is 2.26. The van der Waals surface area contributed by atoms with E-state index in [1.165, 1.54) is 5.56 Å². The second-order valence-electron chi connectivity index (χ2n) is 6.59. The Morgan fingerprint density at radius 3 is 2.52 bits per heavy atom. The van der Waals surface area contributed by atoms with Crippen molar-refractivity contribution in [3.8, 4) is 0 Å². The van der Waals surface area contributed by atoms with Gasteiger partial charge in [-0.25, -0.2) is 9.97 Å². The van der Waals surface area contributed by atoms with Gasteiger partial charge < -0.3 is 9.80 Å². The van der Waals surface area contributed by atoms with E-state index in [0.29, 0.717) is 6.54 Å². The van der Waals surface area contributed by atoms with Crippen molar-refractivity contribution in [1.29, 1.82) is 0 Å². The molecule has 0 radical (unpaired) electrons. The molecular weight excluding hydrogens is 314 g/mol. The van der Waals surface area contributed by atoms with E-state index in [-0.39, 0.29) is 5.91 Å². The van der Waals surface area contributed by atoms with Crippen LogP contribution in [0.1, 0.15) is 12.0 Å². The van der Waals surface area contributed by atoms with Crippen LogP contribution < -0.4 is 9.80 Å². The van der Waals surface area contributed by atoms with E-state index in [1.54, 1.807) is 12.4 Å². The third-order valence-electron chi connectivity index (χ3n) is 4.98. The number of hydrogen-bond donors (Lipinski definition) is 0. The van der Waals surface area contributed by atoms with Crippen LogP contribution in [0.4, 0.5) is 11.6 Å². The average Bonchev–Trinajstić information content (AvgIpc) is 2.69. The van der Waals surface area contributed by atoms with Gasteiger partial charge in [0.2, 0.25) is 11.9 Å². The van der Waals surface area contributed by atoms with E-state index in [1.807, 2.05) is 17.0 Å². The van der Waals surface area contributed by atoms with Gasteiger partial charge in [0.05, 0.1) is 6.54 Å². The summed E-state index contributed by atoms with van der Waals surface area (Å²) in [6, 6.07) is 10.1. The fourth-order valence-corrected chi connectivity index (χ4v) is 3.63. The normalized spacial score (nSPS) is 18.1. The number of aryl methyl sites for hydroxylation is 1. The van der Waals surface area contributed by atoms with E-state index in [0.717, 1.165) is 57.2 Å². The van der Waals surface area contributed by atoms with Crippen molar-refractivity contribution in [3.63, 3.8) is 0 Å². The summed E-state index contributed by atoms with van der Waals surface area (Å²) in [6.07, 6.45) is 5.65. The number of amides is 1. The molecule has 0 saturated carbocycles. The summed E-state index contributed by atoms with van der Waals surface area (Å²) in [7, 11) is 0. The zero-order chi connectivity index (χ0) is 17.1. The number of aromatic nitrogens is 2. The fourth-order valence-electron chi connectivity index (χ4n) is 3.63. The molecule has 3 heterocycles. The number of carbonyl (C=O) groups is 1. The van der Waals surface area contributed by atoms with Gasteiger partial charge in [-0.2, -0.15) is 0 Å². The molecule has 1 saturated heterocycles. The van der Waals surface area contributed by atoms with Gasteiger partial charge in [0.1, 0.15) is 0 Å². The number of benzene rings is 1. The summed E-state index contributed by atoms with van der Waals surface area (Å²) in [4.78, 5) is 27.8. The number of rotatable bonds is 3. The molecule has 2 aromatic rings. The van der Waals surface area contributed by atoms with Crippen molar-refractivity contribution < 1.29 is 4.79 Å². The van der Waals surface area contributed by atoms with E-state index in [4.69, 9.17) is 0 Å². The smallest absolute Gasteiger partial charge is 0.241 e. The lowest BCUT2D eigenvalue weighted by Crippen LogP contribution is -2.51. The van der Waals surface area contributed by atoms with Crippen molar-refractivity contribution >= 4 is 17.5 Å². The zero-order valence-electron chi connectivity index (χ0n) is 14.3. The molecule has 25 heavy (non-hydrogen) atoms. The lowest BCUT2D eigenvalue weighted by atomic mass is 10.0. The van der Waals surface area contributed by atoms with E-state index < -0.39 is 0 Å². The van der Waals surface area contributed by atoms with E-state index >= 15 is 0 Å². The molecule has 1 amide bonds. The molecule has 0 N–H and O–H groups in total. The monoisotopic (exact) mass is 337 g/mol. The topological polar surface area (TPSA) is 52.6 Å². The van der Waals surface area contributed by atoms with Gasteiger partial charge in [-0.15, -0.1) is 0 Å². The predicted octanol–water partition coefficient (Wildman–Crippen LogP) is 1.58. The Balaban J connectivity index is 1.35.